The maximum absolute atomic E-state index is 11.4. The van der Waals surface area contributed by atoms with Crippen molar-refractivity contribution in [1.82, 2.24) is 9.97 Å². The van der Waals surface area contributed by atoms with Crippen LogP contribution in [0.1, 0.15) is 41.4 Å². The number of anilines is 1. The van der Waals surface area contributed by atoms with Gasteiger partial charge in [-0.1, -0.05) is 17.7 Å². The minimum Gasteiger partial charge on any atom is -0.366 e. The summed E-state index contributed by atoms with van der Waals surface area (Å²) in [5.41, 5.74) is 9.88. The Morgan fingerprint density at radius 2 is 2.17 bits per heavy atom. The molecule has 1 saturated heterocycles. The lowest BCUT2D eigenvalue weighted by Crippen LogP contribution is -2.46. The lowest BCUT2D eigenvalue weighted by molar-refractivity contribution is 0.100. The summed E-state index contributed by atoms with van der Waals surface area (Å²) in [6, 6.07) is 5.82. The molecule has 1 amide bonds. The van der Waals surface area contributed by atoms with Crippen molar-refractivity contribution < 1.29 is 4.79 Å². The first-order chi connectivity index (χ1) is 11.5. The van der Waals surface area contributed by atoms with Gasteiger partial charge in [-0.2, -0.15) is 0 Å². The third-order valence-electron chi connectivity index (χ3n) is 5.01. The predicted octanol–water partition coefficient (Wildman–Crippen LogP) is 2.98. The van der Waals surface area contributed by atoms with E-state index in [1.165, 1.54) is 12.0 Å². The maximum Gasteiger partial charge on any atom is 0.250 e. The highest BCUT2D eigenvalue weighted by Crippen LogP contribution is 2.35. The molecule has 24 heavy (non-hydrogen) atoms. The SMILES string of the molecule is C[C@H]1CCN1c1nc2c(c(-c3ccc(C(N)=O)c(Cl)c3)n1)CCC2. The summed E-state index contributed by atoms with van der Waals surface area (Å²) < 4.78 is 0. The number of benzene rings is 1. The van der Waals surface area contributed by atoms with E-state index in [1.807, 2.05) is 6.07 Å². The molecule has 1 atom stereocenters. The second-order valence-electron chi connectivity index (χ2n) is 6.54. The number of hydrogen-bond acceptors (Lipinski definition) is 4. The van der Waals surface area contributed by atoms with E-state index < -0.39 is 5.91 Å². The van der Waals surface area contributed by atoms with Crippen LogP contribution in [0.3, 0.4) is 0 Å². The first-order valence-electron chi connectivity index (χ1n) is 8.30. The molecule has 0 saturated carbocycles. The summed E-state index contributed by atoms with van der Waals surface area (Å²) in [7, 11) is 0. The van der Waals surface area contributed by atoms with E-state index in [1.54, 1.807) is 12.1 Å². The van der Waals surface area contributed by atoms with Crippen LogP contribution in [0.2, 0.25) is 5.02 Å². The zero-order valence-corrected chi connectivity index (χ0v) is 14.3. The zero-order chi connectivity index (χ0) is 16.8. The Balaban J connectivity index is 1.82. The molecule has 2 aliphatic rings. The Morgan fingerprint density at radius 3 is 2.79 bits per heavy atom. The van der Waals surface area contributed by atoms with Crippen LogP contribution in [0.25, 0.3) is 11.3 Å². The van der Waals surface area contributed by atoms with E-state index in [0.717, 1.165) is 48.7 Å². The van der Waals surface area contributed by atoms with Gasteiger partial charge in [-0.05, 0) is 44.7 Å². The van der Waals surface area contributed by atoms with Crippen LogP contribution >= 0.6 is 11.6 Å². The third-order valence-corrected chi connectivity index (χ3v) is 5.32. The van der Waals surface area contributed by atoms with Gasteiger partial charge in [0.05, 0.1) is 16.3 Å². The van der Waals surface area contributed by atoms with Crippen LogP contribution in [0.15, 0.2) is 18.2 Å². The molecule has 5 nitrogen and oxygen atoms in total. The third kappa shape index (κ3) is 2.44. The molecular formula is C18H19ClN4O. The summed E-state index contributed by atoms with van der Waals surface area (Å²) in [6.07, 6.45) is 4.25. The van der Waals surface area contributed by atoms with E-state index in [-0.39, 0.29) is 0 Å². The van der Waals surface area contributed by atoms with E-state index >= 15 is 0 Å². The molecule has 4 rings (SSSR count). The summed E-state index contributed by atoms with van der Waals surface area (Å²) in [6.45, 7) is 3.19. The standard InChI is InChI=1S/C18H19ClN4O/c1-10-7-8-23(10)18-21-15-4-2-3-13(15)16(22-18)11-5-6-12(17(20)24)14(19)9-11/h5-6,9-10H,2-4,7-8H2,1H3,(H2,20,24)/t10-/m0/s1. The van der Waals surface area contributed by atoms with Crippen LogP contribution < -0.4 is 10.6 Å². The van der Waals surface area contributed by atoms with Crippen LogP contribution in [-0.2, 0) is 12.8 Å². The lowest BCUT2D eigenvalue weighted by atomic mass is 10.0. The van der Waals surface area contributed by atoms with Gasteiger partial charge in [-0.15, -0.1) is 0 Å². The van der Waals surface area contributed by atoms with Gasteiger partial charge in [0.2, 0.25) is 11.9 Å². The largest absolute Gasteiger partial charge is 0.366 e. The molecule has 2 heterocycles. The molecule has 1 aliphatic heterocycles. The van der Waals surface area contributed by atoms with Crippen molar-refractivity contribution in [3.05, 3.63) is 40.0 Å². The van der Waals surface area contributed by atoms with Gasteiger partial charge >= 0.3 is 0 Å². The first-order valence-corrected chi connectivity index (χ1v) is 8.68. The van der Waals surface area contributed by atoms with Crippen molar-refractivity contribution in [2.24, 2.45) is 5.73 Å². The van der Waals surface area contributed by atoms with Crippen molar-refractivity contribution in [1.29, 1.82) is 0 Å². The van der Waals surface area contributed by atoms with Crippen molar-refractivity contribution in [3.8, 4) is 11.3 Å². The number of rotatable bonds is 3. The average Bonchev–Trinajstić information content (AvgIpc) is 3.00. The molecule has 0 unspecified atom stereocenters. The van der Waals surface area contributed by atoms with Crippen LogP contribution in [0.4, 0.5) is 5.95 Å². The molecule has 6 heteroatoms. The van der Waals surface area contributed by atoms with Crippen LogP contribution in [0, 0.1) is 0 Å². The van der Waals surface area contributed by atoms with Crippen molar-refractivity contribution in [2.45, 2.75) is 38.6 Å². The molecule has 1 aliphatic carbocycles. The van der Waals surface area contributed by atoms with Crippen molar-refractivity contribution in [3.63, 3.8) is 0 Å². The van der Waals surface area contributed by atoms with Gasteiger partial charge < -0.3 is 10.6 Å². The fourth-order valence-electron chi connectivity index (χ4n) is 3.46. The van der Waals surface area contributed by atoms with Gasteiger partial charge in [-0.3, -0.25) is 4.79 Å². The van der Waals surface area contributed by atoms with Crippen LogP contribution in [0.5, 0.6) is 0 Å². The minimum absolute atomic E-state index is 0.336. The highest BCUT2D eigenvalue weighted by atomic mass is 35.5. The highest BCUT2D eigenvalue weighted by Gasteiger charge is 2.29. The molecular weight excluding hydrogens is 324 g/mol. The molecule has 1 aromatic heterocycles. The van der Waals surface area contributed by atoms with Gasteiger partial charge in [0.15, 0.2) is 0 Å². The van der Waals surface area contributed by atoms with Crippen LogP contribution in [-0.4, -0.2) is 28.5 Å². The number of nitrogens with zero attached hydrogens (tertiary/aromatic N) is 3. The predicted molar refractivity (Wildman–Crippen MR) is 94.4 cm³/mol. The fourth-order valence-corrected chi connectivity index (χ4v) is 3.74. The number of primary amides is 1. The summed E-state index contributed by atoms with van der Waals surface area (Å²) in [4.78, 5) is 23.3. The minimum atomic E-state index is -0.519. The topological polar surface area (TPSA) is 72.1 Å². The number of aromatic nitrogens is 2. The summed E-state index contributed by atoms with van der Waals surface area (Å²) >= 11 is 6.23. The molecule has 1 fully saturated rings. The smallest absolute Gasteiger partial charge is 0.250 e. The number of nitrogens with two attached hydrogens (primary N) is 1. The molecule has 0 spiro atoms. The number of aryl methyl sites for hydroxylation is 1. The number of hydrogen-bond donors (Lipinski definition) is 1. The molecule has 2 aromatic rings. The Kier molecular flexibility index (Phi) is 3.68. The first kappa shape index (κ1) is 15.4. The van der Waals surface area contributed by atoms with Gasteiger partial charge in [0, 0.05) is 29.4 Å². The Morgan fingerprint density at radius 1 is 1.33 bits per heavy atom. The van der Waals surface area contributed by atoms with E-state index in [4.69, 9.17) is 27.3 Å². The average molecular weight is 343 g/mol. The van der Waals surface area contributed by atoms with E-state index in [0.29, 0.717) is 16.6 Å². The summed E-state index contributed by atoms with van der Waals surface area (Å²) in [5, 5.41) is 0.365. The van der Waals surface area contributed by atoms with Gasteiger partial charge in [0.25, 0.3) is 0 Å². The Labute approximate surface area is 145 Å². The number of carbonyl (C=O) groups excluding carboxylic acids is 1. The van der Waals surface area contributed by atoms with Gasteiger partial charge in [0.1, 0.15) is 0 Å². The number of fused-ring (bicyclic) bond motifs is 1. The van der Waals surface area contributed by atoms with E-state index in [2.05, 4.69) is 11.8 Å². The normalized spacial score (nSPS) is 19.1. The Hall–Kier alpha value is -2.14. The second kappa shape index (κ2) is 5.74. The number of carbonyl (C=O) groups is 1. The Bertz CT molecular complexity index is 836. The zero-order valence-electron chi connectivity index (χ0n) is 13.6. The monoisotopic (exact) mass is 342 g/mol. The van der Waals surface area contributed by atoms with Crippen molar-refractivity contribution in [2.75, 3.05) is 11.4 Å². The lowest BCUT2D eigenvalue weighted by Gasteiger charge is -2.39. The quantitative estimate of drug-likeness (QED) is 0.930. The second-order valence-corrected chi connectivity index (χ2v) is 6.95. The molecule has 2 N–H and O–H groups in total. The molecule has 0 bridgehead atoms. The highest BCUT2D eigenvalue weighted by molar-refractivity contribution is 6.34. The maximum atomic E-state index is 11.4. The van der Waals surface area contributed by atoms with Gasteiger partial charge in [-0.25, -0.2) is 9.97 Å². The number of amides is 1. The van der Waals surface area contributed by atoms with E-state index in [9.17, 15) is 4.79 Å². The molecule has 124 valence electrons. The molecule has 1 aromatic carbocycles. The fraction of sp³-hybridized carbons (Fsp3) is 0.389. The number of halogens is 1. The summed E-state index contributed by atoms with van der Waals surface area (Å²) in [5.74, 6) is 0.286. The van der Waals surface area contributed by atoms with Crippen molar-refractivity contribution >= 4 is 23.5 Å². The molecule has 0 radical (unpaired) electrons.